The Balaban J connectivity index is 2.22. The Kier molecular flexibility index (Phi) is 7.90. The molecule has 0 fully saturated rings. The van der Waals surface area contributed by atoms with Crippen LogP contribution in [0.3, 0.4) is 0 Å². The normalized spacial score (nSPS) is 10.1. The summed E-state index contributed by atoms with van der Waals surface area (Å²) in [6.45, 7) is -1.17. The molecule has 8 nitrogen and oxygen atoms in total. The highest BCUT2D eigenvalue weighted by atomic mass is 33.1. The van der Waals surface area contributed by atoms with Crippen LogP contribution in [0.1, 0.15) is 20.7 Å². The summed E-state index contributed by atoms with van der Waals surface area (Å²) < 4.78 is 1.03. The van der Waals surface area contributed by atoms with E-state index in [1.165, 1.54) is 35.1 Å². The molecule has 2 amide bonds. The first-order valence-electron chi connectivity index (χ1n) is 7.91. The molecular weight excluding hydrogens is 404 g/mol. The summed E-state index contributed by atoms with van der Waals surface area (Å²) in [5.41, 5.74) is -0.0535. The molecule has 146 valence electrons. The highest BCUT2D eigenvalue weighted by Gasteiger charge is 2.24. The predicted molar refractivity (Wildman–Crippen MR) is 105 cm³/mol. The van der Waals surface area contributed by atoms with Gasteiger partial charge in [0.1, 0.15) is 13.1 Å². The number of hydrogen-bond acceptors (Lipinski definition) is 6. The van der Waals surface area contributed by atoms with Gasteiger partial charge in [0, 0.05) is 15.9 Å². The predicted octanol–water partition coefficient (Wildman–Crippen LogP) is 2.38. The maximum absolute atomic E-state index is 12.9. The first kappa shape index (κ1) is 21.3. The Morgan fingerprint density at radius 2 is 1.46 bits per heavy atom. The molecule has 2 rings (SSSR count). The third-order valence-electron chi connectivity index (χ3n) is 3.27. The number of nitrogens with one attached hydrogen (secondary N) is 1. The molecule has 0 radical (unpaired) electrons. The third kappa shape index (κ3) is 6.32. The van der Waals surface area contributed by atoms with Crippen molar-refractivity contribution in [2.24, 2.45) is 0 Å². The first-order chi connectivity index (χ1) is 13.4. The van der Waals surface area contributed by atoms with Gasteiger partial charge in [0.15, 0.2) is 0 Å². The van der Waals surface area contributed by atoms with E-state index in [0.29, 0.717) is 0 Å². The smallest absolute Gasteiger partial charge is 0.324 e. The fourth-order valence-corrected chi connectivity index (χ4v) is 4.07. The second-order valence-corrected chi connectivity index (χ2v) is 7.50. The zero-order chi connectivity index (χ0) is 20.5. The van der Waals surface area contributed by atoms with Crippen molar-refractivity contribution in [3.05, 3.63) is 65.7 Å². The first-order valence-corrected chi connectivity index (χ1v) is 10.0. The van der Waals surface area contributed by atoms with E-state index in [0.717, 1.165) is 20.2 Å². The Morgan fingerprint density at radius 1 is 0.857 bits per heavy atom. The van der Waals surface area contributed by atoms with Gasteiger partial charge < -0.3 is 15.5 Å². The number of aliphatic carboxylic acids is 2. The molecule has 3 N–H and O–H groups in total. The number of carbonyl (C=O) groups is 4. The maximum Gasteiger partial charge on any atom is 0.324 e. The number of benzene rings is 2. The maximum atomic E-state index is 12.9. The average Bonchev–Trinajstić information content (AvgIpc) is 2.69. The van der Waals surface area contributed by atoms with Crippen molar-refractivity contribution in [1.82, 2.24) is 9.62 Å². The van der Waals surface area contributed by atoms with E-state index in [1.807, 2.05) is 30.3 Å². The zero-order valence-corrected chi connectivity index (χ0v) is 16.0. The molecule has 0 saturated carbocycles. The number of hydrogen-bond donors (Lipinski definition) is 3. The van der Waals surface area contributed by atoms with Gasteiger partial charge in [0.25, 0.3) is 11.8 Å². The summed E-state index contributed by atoms with van der Waals surface area (Å²) in [5.74, 6) is -3.83. The molecule has 0 aliphatic rings. The molecule has 0 aromatic heterocycles. The monoisotopic (exact) mass is 420 g/mol. The lowest BCUT2D eigenvalue weighted by Gasteiger charge is -2.20. The summed E-state index contributed by atoms with van der Waals surface area (Å²) in [6, 6.07) is 14.9. The van der Waals surface area contributed by atoms with Crippen LogP contribution in [-0.4, -0.2) is 51.4 Å². The topological polar surface area (TPSA) is 124 Å². The minimum absolute atomic E-state index is 0.0206. The second kappa shape index (κ2) is 10.4. The van der Waals surface area contributed by atoms with Crippen LogP contribution in [0.5, 0.6) is 0 Å². The minimum Gasteiger partial charge on any atom is -0.480 e. The summed E-state index contributed by atoms with van der Waals surface area (Å²) in [6.07, 6.45) is 0. The van der Waals surface area contributed by atoms with Crippen molar-refractivity contribution in [2.75, 3.05) is 13.1 Å². The lowest BCUT2D eigenvalue weighted by atomic mass is 10.1. The van der Waals surface area contributed by atoms with E-state index in [1.54, 1.807) is 0 Å². The summed E-state index contributed by atoms with van der Waals surface area (Å²) >= 11 is 0. The molecule has 28 heavy (non-hydrogen) atoms. The molecule has 0 saturated heterocycles. The van der Waals surface area contributed by atoms with Gasteiger partial charge in [-0.05, 0) is 35.1 Å². The van der Waals surface area contributed by atoms with Gasteiger partial charge in [-0.25, -0.2) is 0 Å². The van der Waals surface area contributed by atoms with Crippen molar-refractivity contribution < 1.29 is 29.4 Å². The van der Waals surface area contributed by atoms with Crippen molar-refractivity contribution in [3.8, 4) is 0 Å². The van der Waals surface area contributed by atoms with Crippen molar-refractivity contribution in [1.29, 1.82) is 0 Å². The van der Waals surface area contributed by atoms with E-state index in [2.05, 4.69) is 5.32 Å². The third-order valence-corrected chi connectivity index (χ3v) is 5.63. The number of amides is 2. The molecule has 0 atom stereocenters. The fourth-order valence-electron chi connectivity index (χ4n) is 2.07. The van der Waals surface area contributed by atoms with Crippen LogP contribution in [0.4, 0.5) is 0 Å². The van der Waals surface area contributed by atoms with Crippen LogP contribution < -0.4 is 5.32 Å². The largest absolute Gasteiger partial charge is 0.480 e. The number of carboxylic acid groups (broad SMARTS) is 2. The molecule has 10 heteroatoms. The average molecular weight is 420 g/mol. The van der Waals surface area contributed by atoms with E-state index in [-0.39, 0.29) is 11.1 Å². The van der Waals surface area contributed by atoms with E-state index >= 15 is 0 Å². The van der Waals surface area contributed by atoms with Crippen LogP contribution >= 0.6 is 21.8 Å². The highest BCUT2D eigenvalue weighted by molar-refractivity contribution is 8.76. The van der Waals surface area contributed by atoms with Gasteiger partial charge in [-0.2, -0.15) is 0 Å². The molecule has 0 spiro atoms. The molecule has 2 aromatic rings. The van der Waals surface area contributed by atoms with E-state index < -0.39 is 36.8 Å². The van der Waals surface area contributed by atoms with Crippen molar-refractivity contribution in [2.45, 2.75) is 4.90 Å². The zero-order valence-electron chi connectivity index (χ0n) is 14.4. The molecule has 0 heterocycles. The Morgan fingerprint density at radius 3 is 2.07 bits per heavy atom. The number of carboxylic acids is 2. The molecule has 0 unspecified atom stereocenters. The fraction of sp³-hybridized carbons (Fsp3) is 0.111. The van der Waals surface area contributed by atoms with Gasteiger partial charge in [-0.15, -0.1) is 0 Å². The SMILES string of the molecule is O=C(O)CNC(=O)c1ccccc1C(=O)N(CC(=O)O)SSc1ccccc1. The lowest BCUT2D eigenvalue weighted by Crippen LogP contribution is -2.33. The Hall–Kier alpha value is -2.98. The van der Waals surface area contributed by atoms with Crippen LogP contribution in [0, 0.1) is 0 Å². The molecular formula is C18H16N2O6S2. The second-order valence-electron chi connectivity index (χ2n) is 5.33. The van der Waals surface area contributed by atoms with Crippen LogP contribution in [0.15, 0.2) is 59.5 Å². The Bertz CT molecular complexity index is 875. The number of nitrogens with zero attached hydrogens (tertiary/aromatic N) is 1. The van der Waals surface area contributed by atoms with Crippen LogP contribution in [0.2, 0.25) is 0 Å². The highest BCUT2D eigenvalue weighted by Crippen LogP contribution is 2.34. The van der Waals surface area contributed by atoms with Gasteiger partial charge in [0.05, 0.1) is 11.1 Å². The van der Waals surface area contributed by atoms with E-state index in [9.17, 15) is 19.2 Å². The summed E-state index contributed by atoms with van der Waals surface area (Å²) in [5, 5.41) is 20.0. The lowest BCUT2D eigenvalue weighted by molar-refractivity contribution is -0.137. The van der Waals surface area contributed by atoms with E-state index in [4.69, 9.17) is 10.2 Å². The molecule has 0 aliphatic carbocycles. The van der Waals surface area contributed by atoms with Crippen molar-refractivity contribution >= 4 is 45.5 Å². The van der Waals surface area contributed by atoms with Gasteiger partial charge in [0.2, 0.25) is 0 Å². The minimum atomic E-state index is -1.22. The van der Waals surface area contributed by atoms with Crippen LogP contribution in [-0.2, 0) is 9.59 Å². The standard InChI is InChI=1S/C18H16N2O6S2/c21-15(22)10-19-17(25)13-8-4-5-9-14(13)18(26)20(11-16(23)24)28-27-12-6-2-1-3-7-12/h1-9H,10-11H2,(H,19,25)(H,21,22)(H,23,24). The number of rotatable bonds is 9. The molecule has 2 aromatic carbocycles. The molecule has 0 aliphatic heterocycles. The molecule has 0 bridgehead atoms. The van der Waals surface area contributed by atoms with Gasteiger partial charge >= 0.3 is 11.9 Å². The number of carbonyl (C=O) groups excluding carboxylic acids is 2. The summed E-state index contributed by atoms with van der Waals surface area (Å²) in [4.78, 5) is 47.8. The van der Waals surface area contributed by atoms with Gasteiger partial charge in [-0.1, -0.05) is 30.3 Å². The quantitative estimate of drug-likeness (QED) is 0.417. The Labute approximate surface area is 168 Å². The van der Waals surface area contributed by atoms with Gasteiger partial charge in [-0.3, -0.25) is 23.5 Å². The summed E-state index contributed by atoms with van der Waals surface area (Å²) in [7, 11) is 2.14. The van der Waals surface area contributed by atoms with Crippen molar-refractivity contribution in [3.63, 3.8) is 0 Å². The van der Waals surface area contributed by atoms with Crippen LogP contribution in [0.25, 0.3) is 0 Å².